The summed E-state index contributed by atoms with van der Waals surface area (Å²) in [5.74, 6) is 0.0578. The van der Waals surface area contributed by atoms with Gasteiger partial charge in [0.25, 0.3) is 5.91 Å². The maximum absolute atomic E-state index is 12.1. The number of nitrogens with zero attached hydrogens (tertiary/aromatic N) is 1. The highest BCUT2D eigenvalue weighted by atomic mass is 16.3. The molecule has 0 spiro atoms. The zero-order valence-electron chi connectivity index (χ0n) is 11.5. The molecule has 0 radical (unpaired) electrons. The third kappa shape index (κ3) is 3.74. The highest BCUT2D eigenvalue weighted by molar-refractivity contribution is 5.95. The Morgan fingerprint density at radius 2 is 2.06 bits per heavy atom. The van der Waals surface area contributed by atoms with Gasteiger partial charge in [-0.15, -0.1) is 0 Å². The van der Waals surface area contributed by atoms with Gasteiger partial charge in [0.05, 0.1) is 12.6 Å². The van der Waals surface area contributed by atoms with E-state index < -0.39 is 0 Å². The lowest BCUT2D eigenvalue weighted by atomic mass is 10.0. The van der Waals surface area contributed by atoms with Crippen LogP contribution in [0.1, 0.15) is 24.2 Å². The molecule has 0 aliphatic rings. The highest BCUT2D eigenvalue weighted by Crippen LogP contribution is 2.13. The first-order valence-corrected chi connectivity index (χ1v) is 6.14. The van der Waals surface area contributed by atoms with Gasteiger partial charge in [0.1, 0.15) is 0 Å². The molecule has 0 aliphatic carbocycles. The summed E-state index contributed by atoms with van der Waals surface area (Å²) in [7, 11) is 3.86. The van der Waals surface area contributed by atoms with Crippen LogP contribution in [-0.4, -0.2) is 37.8 Å². The number of carbonyl (C=O) groups is 1. The Kier molecular flexibility index (Phi) is 5.16. The van der Waals surface area contributed by atoms with Gasteiger partial charge in [-0.1, -0.05) is 19.9 Å². The van der Waals surface area contributed by atoms with Gasteiger partial charge in [-0.25, -0.2) is 0 Å². The van der Waals surface area contributed by atoms with E-state index >= 15 is 0 Å². The van der Waals surface area contributed by atoms with E-state index in [0.717, 1.165) is 5.69 Å². The molecule has 0 fully saturated rings. The van der Waals surface area contributed by atoms with Crippen LogP contribution in [0.4, 0.5) is 5.69 Å². The lowest BCUT2D eigenvalue weighted by Crippen LogP contribution is -2.41. The second-order valence-corrected chi connectivity index (χ2v) is 4.95. The molecule has 100 valence electrons. The van der Waals surface area contributed by atoms with E-state index in [1.165, 1.54) is 0 Å². The molecule has 1 aromatic rings. The Labute approximate surface area is 109 Å². The molecular formula is C14H22N2O2. The first-order valence-electron chi connectivity index (χ1n) is 6.14. The number of anilines is 1. The second kappa shape index (κ2) is 6.40. The molecule has 1 amide bonds. The van der Waals surface area contributed by atoms with Crippen molar-refractivity contribution < 1.29 is 9.90 Å². The number of carbonyl (C=O) groups excluding carboxylic acids is 1. The summed E-state index contributed by atoms with van der Waals surface area (Å²) in [5.41, 5.74) is 1.59. The van der Waals surface area contributed by atoms with Crippen molar-refractivity contribution in [2.45, 2.75) is 19.9 Å². The van der Waals surface area contributed by atoms with E-state index in [9.17, 15) is 9.90 Å². The van der Waals surface area contributed by atoms with Crippen molar-refractivity contribution in [3.63, 3.8) is 0 Å². The molecule has 18 heavy (non-hydrogen) atoms. The highest BCUT2D eigenvalue weighted by Gasteiger charge is 2.16. The molecule has 1 unspecified atom stereocenters. The summed E-state index contributed by atoms with van der Waals surface area (Å²) in [6.45, 7) is 3.89. The second-order valence-electron chi connectivity index (χ2n) is 4.95. The average Bonchev–Trinajstić information content (AvgIpc) is 2.35. The zero-order chi connectivity index (χ0) is 13.7. The fourth-order valence-corrected chi connectivity index (χ4v) is 1.60. The molecule has 4 heteroatoms. The normalized spacial score (nSPS) is 12.3. The fourth-order valence-electron chi connectivity index (χ4n) is 1.60. The van der Waals surface area contributed by atoms with Crippen molar-refractivity contribution in [1.29, 1.82) is 0 Å². The quantitative estimate of drug-likeness (QED) is 0.832. The van der Waals surface area contributed by atoms with Crippen LogP contribution < -0.4 is 10.2 Å². The van der Waals surface area contributed by atoms with Gasteiger partial charge >= 0.3 is 0 Å². The minimum atomic E-state index is -0.208. The number of hydrogen-bond acceptors (Lipinski definition) is 3. The maximum Gasteiger partial charge on any atom is 0.251 e. The summed E-state index contributed by atoms with van der Waals surface area (Å²) < 4.78 is 0. The van der Waals surface area contributed by atoms with Crippen LogP contribution in [0.15, 0.2) is 24.3 Å². The number of aliphatic hydroxyl groups excluding tert-OH is 1. The first kappa shape index (κ1) is 14.5. The van der Waals surface area contributed by atoms with Gasteiger partial charge in [-0.05, 0) is 24.1 Å². The number of hydrogen-bond donors (Lipinski definition) is 2. The fraction of sp³-hybridized carbons (Fsp3) is 0.500. The van der Waals surface area contributed by atoms with Crippen LogP contribution >= 0.6 is 0 Å². The molecule has 0 heterocycles. The Balaban J connectivity index is 2.81. The van der Waals surface area contributed by atoms with Gasteiger partial charge in [0, 0.05) is 25.3 Å². The summed E-state index contributed by atoms with van der Waals surface area (Å²) in [6, 6.07) is 7.21. The van der Waals surface area contributed by atoms with Gasteiger partial charge in [0.15, 0.2) is 0 Å². The van der Waals surface area contributed by atoms with Crippen LogP contribution in [-0.2, 0) is 0 Å². The third-order valence-corrected chi connectivity index (χ3v) is 2.94. The Hall–Kier alpha value is -1.55. The van der Waals surface area contributed by atoms with E-state index in [1.807, 2.05) is 51.0 Å². The summed E-state index contributed by atoms with van der Waals surface area (Å²) >= 11 is 0. The van der Waals surface area contributed by atoms with Crippen LogP contribution in [0.3, 0.4) is 0 Å². The minimum absolute atomic E-state index is 0.0449. The van der Waals surface area contributed by atoms with Gasteiger partial charge in [-0.2, -0.15) is 0 Å². The van der Waals surface area contributed by atoms with Crippen LogP contribution in [0.2, 0.25) is 0 Å². The van der Waals surface area contributed by atoms with Crippen molar-refractivity contribution in [3.8, 4) is 0 Å². The number of rotatable bonds is 5. The molecule has 2 N–H and O–H groups in total. The Morgan fingerprint density at radius 1 is 1.39 bits per heavy atom. The monoisotopic (exact) mass is 250 g/mol. The summed E-state index contributed by atoms with van der Waals surface area (Å²) in [5, 5.41) is 12.1. The Bertz CT molecular complexity index is 403. The maximum atomic E-state index is 12.1. The van der Waals surface area contributed by atoms with Crippen LogP contribution in [0.5, 0.6) is 0 Å². The van der Waals surface area contributed by atoms with E-state index in [2.05, 4.69) is 5.32 Å². The standard InChI is InChI=1S/C14H22N2O2/c1-10(2)13(9-17)15-14(18)11-6-5-7-12(8-11)16(3)4/h5-8,10,13,17H,9H2,1-4H3,(H,15,18). The molecule has 0 saturated carbocycles. The van der Waals surface area contributed by atoms with Crippen molar-refractivity contribution in [3.05, 3.63) is 29.8 Å². The van der Waals surface area contributed by atoms with Crippen LogP contribution in [0.25, 0.3) is 0 Å². The van der Waals surface area contributed by atoms with E-state index in [-0.39, 0.29) is 24.5 Å². The number of nitrogens with one attached hydrogen (secondary N) is 1. The molecule has 1 rings (SSSR count). The van der Waals surface area contributed by atoms with Crippen molar-refractivity contribution in [2.75, 3.05) is 25.6 Å². The predicted octanol–water partition coefficient (Wildman–Crippen LogP) is 1.50. The number of aliphatic hydroxyl groups is 1. The molecule has 0 saturated heterocycles. The van der Waals surface area contributed by atoms with Crippen molar-refractivity contribution >= 4 is 11.6 Å². The summed E-state index contributed by atoms with van der Waals surface area (Å²) in [6.07, 6.45) is 0. The molecule has 0 bridgehead atoms. The van der Waals surface area contributed by atoms with E-state index in [1.54, 1.807) is 6.07 Å². The minimum Gasteiger partial charge on any atom is -0.394 e. The van der Waals surface area contributed by atoms with E-state index in [4.69, 9.17) is 0 Å². The summed E-state index contributed by atoms with van der Waals surface area (Å²) in [4.78, 5) is 14.0. The van der Waals surface area contributed by atoms with Gasteiger partial charge in [-0.3, -0.25) is 4.79 Å². The SMILES string of the molecule is CC(C)C(CO)NC(=O)c1cccc(N(C)C)c1. The molecule has 4 nitrogen and oxygen atoms in total. The largest absolute Gasteiger partial charge is 0.394 e. The third-order valence-electron chi connectivity index (χ3n) is 2.94. The molecular weight excluding hydrogens is 228 g/mol. The van der Waals surface area contributed by atoms with Crippen molar-refractivity contribution in [2.24, 2.45) is 5.92 Å². The smallest absolute Gasteiger partial charge is 0.251 e. The number of benzene rings is 1. The van der Waals surface area contributed by atoms with Gasteiger partial charge in [0.2, 0.25) is 0 Å². The zero-order valence-corrected chi connectivity index (χ0v) is 11.5. The number of amides is 1. The Morgan fingerprint density at radius 3 is 2.56 bits per heavy atom. The molecule has 0 aromatic heterocycles. The molecule has 1 aromatic carbocycles. The van der Waals surface area contributed by atoms with E-state index in [0.29, 0.717) is 5.56 Å². The lowest BCUT2D eigenvalue weighted by Gasteiger charge is -2.20. The molecule has 0 aliphatic heterocycles. The van der Waals surface area contributed by atoms with Crippen molar-refractivity contribution in [1.82, 2.24) is 5.32 Å². The van der Waals surface area contributed by atoms with Crippen LogP contribution in [0, 0.1) is 5.92 Å². The first-order chi connectivity index (χ1) is 8.45. The average molecular weight is 250 g/mol. The molecule has 1 atom stereocenters. The lowest BCUT2D eigenvalue weighted by molar-refractivity contribution is 0.0897. The topological polar surface area (TPSA) is 52.6 Å². The predicted molar refractivity (Wildman–Crippen MR) is 73.9 cm³/mol. The van der Waals surface area contributed by atoms with Gasteiger partial charge < -0.3 is 15.3 Å².